The molecule has 0 saturated carbocycles. The van der Waals surface area contributed by atoms with Crippen molar-refractivity contribution in [3.05, 3.63) is 43.8 Å². The van der Waals surface area contributed by atoms with E-state index in [2.05, 4.69) is 50.3 Å². The lowest BCUT2D eigenvalue weighted by molar-refractivity contribution is 0.260. The molecule has 0 fully saturated rings. The minimum atomic E-state index is 0. The zero-order chi connectivity index (χ0) is 16.1. The molecule has 1 aliphatic heterocycles. The molecule has 3 rings (SSSR count). The molecule has 0 radical (unpaired) electrons. The highest BCUT2D eigenvalue weighted by Crippen LogP contribution is 2.23. The third-order valence-corrected chi connectivity index (χ3v) is 6.26. The monoisotopic (exact) mass is 476 g/mol. The Morgan fingerprint density at radius 1 is 1.25 bits per heavy atom. The van der Waals surface area contributed by atoms with E-state index >= 15 is 0 Å². The first-order valence-electron chi connectivity index (χ1n) is 8.01. The van der Waals surface area contributed by atoms with Crippen LogP contribution in [0.15, 0.2) is 27.9 Å². The Morgan fingerprint density at radius 2 is 2.08 bits per heavy atom. The SMILES string of the molecule is CN=C(NCCN1CCc2sccc2C1)NCc1sccc1C.I. The lowest BCUT2D eigenvalue weighted by Crippen LogP contribution is -2.42. The number of guanidine groups is 1. The predicted molar refractivity (Wildman–Crippen MR) is 116 cm³/mol. The molecular formula is C17H25IN4S2. The summed E-state index contributed by atoms with van der Waals surface area (Å²) in [5, 5.41) is 11.2. The number of nitrogens with zero attached hydrogens (tertiary/aromatic N) is 2. The maximum absolute atomic E-state index is 4.31. The first-order chi connectivity index (χ1) is 11.3. The van der Waals surface area contributed by atoms with Crippen molar-refractivity contribution in [1.29, 1.82) is 0 Å². The standard InChI is InChI=1S/C17H24N4S2.HI/c1-13-4-9-23-16(13)11-20-17(18-2)19-6-8-21-7-3-15-14(12-21)5-10-22-15;/h4-5,9-10H,3,6-8,11-12H2,1-2H3,(H2,18,19,20);1H. The summed E-state index contributed by atoms with van der Waals surface area (Å²) in [5.74, 6) is 0.881. The lowest BCUT2D eigenvalue weighted by Gasteiger charge is -2.27. The minimum Gasteiger partial charge on any atom is -0.355 e. The number of hydrogen-bond donors (Lipinski definition) is 2. The number of aliphatic imine (C=N–C) groups is 1. The van der Waals surface area contributed by atoms with E-state index in [9.17, 15) is 0 Å². The van der Waals surface area contributed by atoms with Crippen LogP contribution in [0.5, 0.6) is 0 Å². The number of hydrogen-bond acceptors (Lipinski definition) is 4. The van der Waals surface area contributed by atoms with Crippen molar-refractivity contribution in [1.82, 2.24) is 15.5 Å². The Morgan fingerprint density at radius 3 is 2.83 bits per heavy atom. The number of nitrogens with one attached hydrogen (secondary N) is 2. The van der Waals surface area contributed by atoms with Crippen molar-refractivity contribution in [3.63, 3.8) is 0 Å². The molecule has 0 aliphatic carbocycles. The van der Waals surface area contributed by atoms with E-state index in [4.69, 9.17) is 0 Å². The van der Waals surface area contributed by atoms with Crippen LogP contribution in [0.2, 0.25) is 0 Å². The number of fused-ring (bicyclic) bond motifs is 1. The third kappa shape index (κ3) is 5.18. The number of halogens is 1. The van der Waals surface area contributed by atoms with Gasteiger partial charge in [0.2, 0.25) is 0 Å². The van der Waals surface area contributed by atoms with E-state index in [0.29, 0.717) is 0 Å². The van der Waals surface area contributed by atoms with Gasteiger partial charge in [0.25, 0.3) is 0 Å². The van der Waals surface area contributed by atoms with Gasteiger partial charge >= 0.3 is 0 Å². The Hall–Kier alpha value is -0.640. The quantitative estimate of drug-likeness (QED) is 0.395. The summed E-state index contributed by atoms with van der Waals surface area (Å²) in [6, 6.07) is 4.43. The zero-order valence-electron chi connectivity index (χ0n) is 14.2. The molecule has 0 unspecified atom stereocenters. The minimum absolute atomic E-state index is 0. The summed E-state index contributed by atoms with van der Waals surface area (Å²) >= 11 is 3.69. The molecule has 0 spiro atoms. The van der Waals surface area contributed by atoms with Crippen LogP contribution in [-0.2, 0) is 19.5 Å². The average molecular weight is 476 g/mol. The molecule has 0 saturated heterocycles. The Kier molecular flexibility index (Phi) is 7.99. The molecule has 0 amide bonds. The smallest absolute Gasteiger partial charge is 0.191 e. The van der Waals surface area contributed by atoms with Crippen LogP contribution in [0.25, 0.3) is 0 Å². The van der Waals surface area contributed by atoms with Gasteiger partial charge in [-0.3, -0.25) is 9.89 Å². The van der Waals surface area contributed by atoms with E-state index in [0.717, 1.165) is 38.7 Å². The molecule has 0 aromatic carbocycles. The molecule has 132 valence electrons. The molecule has 24 heavy (non-hydrogen) atoms. The summed E-state index contributed by atoms with van der Waals surface area (Å²) in [6.45, 7) is 7.21. The van der Waals surface area contributed by atoms with Crippen LogP contribution in [0, 0.1) is 6.92 Å². The normalized spacial score (nSPS) is 14.8. The zero-order valence-corrected chi connectivity index (χ0v) is 18.1. The van der Waals surface area contributed by atoms with Crippen LogP contribution >= 0.6 is 46.7 Å². The highest BCUT2D eigenvalue weighted by atomic mass is 127. The highest BCUT2D eigenvalue weighted by molar-refractivity contribution is 14.0. The highest BCUT2D eigenvalue weighted by Gasteiger charge is 2.16. The van der Waals surface area contributed by atoms with Crippen molar-refractivity contribution in [2.75, 3.05) is 26.7 Å². The van der Waals surface area contributed by atoms with Crippen molar-refractivity contribution < 1.29 is 0 Å². The molecule has 2 N–H and O–H groups in total. The van der Waals surface area contributed by atoms with Gasteiger partial charge in [-0.05, 0) is 47.4 Å². The lowest BCUT2D eigenvalue weighted by atomic mass is 10.1. The van der Waals surface area contributed by atoms with Gasteiger partial charge in [0.1, 0.15) is 0 Å². The van der Waals surface area contributed by atoms with Crippen LogP contribution in [0.1, 0.15) is 20.9 Å². The number of rotatable bonds is 5. The maximum Gasteiger partial charge on any atom is 0.191 e. The summed E-state index contributed by atoms with van der Waals surface area (Å²) in [4.78, 5) is 9.76. The van der Waals surface area contributed by atoms with Gasteiger partial charge in [-0.15, -0.1) is 46.7 Å². The molecule has 7 heteroatoms. The van der Waals surface area contributed by atoms with Crippen molar-refractivity contribution in [2.45, 2.75) is 26.4 Å². The summed E-state index contributed by atoms with van der Waals surface area (Å²) in [5.41, 5.74) is 2.86. The largest absolute Gasteiger partial charge is 0.355 e. The van der Waals surface area contributed by atoms with Crippen molar-refractivity contribution in [2.24, 2.45) is 4.99 Å². The first-order valence-corrected chi connectivity index (χ1v) is 9.77. The van der Waals surface area contributed by atoms with Gasteiger partial charge in [0.05, 0.1) is 6.54 Å². The fraction of sp³-hybridized carbons (Fsp3) is 0.471. The van der Waals surface area contributed by atoms with Gasteiger partial charge < -0.3 is 10.6 Å². The second-order valence-electron chi connectivity index (χ2n) is 5.77. The van der Waals surface area contributed by atoms with Gasteiger partial charge in [-0.2, -0.15) is 0 Å². The molecule has 2 aromatic rings. The van der Waals surface area contributed by atoms with Crippen molar-refractivity contribution >= 4 is 52.6 Å². The van der Waals surface area contributed by atoms with Crippen LogP contribution in [0.3, 0.4) is 0 Å². The molecule has 3 heterocycles. The molecule has 0 bridgehead atoms. The number of aryl methyl sites for hydroxylation is 1. The predicted octanol–water partition coefficient (Wildman–Crippen LogP) is 3.46. The van der Waals surface area contributed by atoms with E-state index in [-0.39, 0.29) is 24.0 Å². The summed E-state index contributed by atoms with van der Waals surface area (Å²) < 4.78 is 0. The molecule has 2 aromatic heterocycles. The van der Waals surface area contributed by atoms with Crippen LogP contribution < -0.4 is 10.6 Å². The van der Waals surface area contributed by atoms with E-state index in [1.165, 1.54) is 22.4 Å². The second kappa shape index (κ2) is 9.74. The first kappa shape index (κ1) is 19.7. The topological polar surface area (TPSA) is 39.7 Å². The Bertz CT molecular complexity index is 665. The Labute approximate surface area is 169 Å². The van der Waals surface area contributed by atoms with Gasteiger partial charge in [0, 0.05) is 43.0 Å². The summed E-state index contributed by atoms with van der Waals surface area (Å²) in [6.07, 6.45) is 1.19. The van der Waals surface area contributed by atoms with Gasteiger partial charge in [-0.1, -0.05) is 0 Å². The third-order valence-electron chi connectivity index (χ3n) is 4.22. The average Bonchev–Trinajstić information content (AvgIpc) is 3.19. The van der Waals surface area contributed by atoms with E-state index in [1.54, 1.807) is 16.2 Å². The fourth-order valence-corrected chi connectivity index (χ4v) is 4.54. The Balaban J connectivity index is 0.00000208. The van der Waals surface area contributed by atoms with Crippen LogP contribution in [0.4, 0.5) is 0 Å². The second-order valence-corrected chi connectivity index (χ2v) is 7.78. The maximum atomic E-state index is 4.31. The van der Waals surface area contributed by atoms with Crippen molar-refractivity contribution in [3.8, 4) is 0 Å². The van der Waals surface area contributed by atoms with Gasteiger partial charge in [-0.25, -0.2) is 0 Å². The molecule has 1 aliphatic rings. The number of thiophene rings is 2. The van der Waals surface area contributed by atoms with Gasteiger partial charge in [0.15, 0.2) is 5.96 Å². The van der Waals surface area contributed by atoms with E-state index in [1.807, 2.05) is 18.4 Å². The van der Waals surface area contributed by atoms with E-state index < -0.39 is 0 Å². The fourth-order valence-electron chi connectivity index (χ4n) is 2.80. The molecule has 0 atom stereocenters. The molecular weight excluding hydrogens is 451 g/mol. The van der Waals surface area contributed by atoms with Crippen LogP contribution in [-0.4, -0.2) is 37.5 Å². The molecule has 4 nitrogen and oxygen atoms in total. The summed E-state index contributed by atoms with van der Waals surface area (Å²) in [7, 11) is 1.83.